The van der Waals surface area contributed by atoms with E-state index >= 15 is 0 Å². The summed E-state index contributed by atoms with van der Waals surface area (Å²) in [6, 6.07) is -5.92. The highest BCUT2D eigenvalue weighted by Gasteiger charge is 2.38. The molecule has 0 unspecified atom stereocenters. The van der Waals surface area contributed by atoms with E-state index in [-0.39, 0.29) is 82.6 Å². The zero-order chi connectivity index (χ0) is 35.5. The molecule has 0 aromatic rings. The standard InChI is InChI=1S/C26H50N14O7/c27-14(13-41)22(45)40-12-4-8-18(40)21(44)38-16(6-2-10-35-25(30)31)19(42)37-15(5-1-9-34-24(28)29)20(43)39-17(23(46)47)7-3-11-36-26(32)33/h14-18,41H,1-13,27H2,(H,37,42)(H,38,44)(H,39,43)(H,46,47)(H4,28,29,34)(H4,30,31,35)(H4,32,33,36)/t14-,15-,16-,17-,18-/m0/s1. The molecule has 0 bridgehead atoms. The number of hydrogen-bond acceptors (Lipinski definition) is 10. The maximum atomic E-state index is 13.6. The van der Waals surface area contributed by atoms with Gasteiger partial charge in [-0.2, -0.15) is 0 Å². The lowest BCUT2D eigenvalue weighted by Gasteiger charge is -2.28. The van der Waals surface area contributed by atoms with E-state index in [0.717, 1.165) is 0 Å². The largest absolute Gasteiger partial charge is 0.480 e. The lowest BCUT2D eigenvalue weighted by atomic mass is 10.1. The second kappa shape index (κ2) is 21.0. The molecule has 21 heteroatoms. The third-order valence-corrected chi connectivity index (χ3v) is 7.07. The highest BCUT2D eigenvalue weighted by molar-refractivity contribution is 5.95. The molecule has 1 aliphatic rings. The molecule has 4 amide bonds. The average Bonchev–Trinajstić information content (AvgIpc) is 3.50. The van der Waals surface area contributed by atoms with Crippen LogP contribution < -0.4 is 56.1 Å². The number of guanidine groups is 3. The smallest absolute Gasteiger partial charge is 0.326 e. The predicted molar refractivity (Wildman–Crippen MR) is 173 cm³/mol. The fourth-order valence-electron chi connectivity index (χ4n) is 4.71. The van der Waals surface area contributed by atoms with Crippen molar-refractivity contribution in [3.8, 4) is 0 Å². The Morgan fingerprint density at radius 1 is 0.723 bits per heavy atom. The summed E-state index contributed by atoms with van der Waals surface area (Å²) in [6.45, 7) is 0.0106. The zero-order valence-corrected chi connectivity index (χ0v) is 26.3. The number of aliphatic carboxylic acids is 1. The molecule has 21 nitrogen and oxygen atoms in total. The number of carbonyl (C=O) groups excluding carboxylic acids is 4. The molecule has 1 saturated heterocycles. The molecule has 19 N–H and O–H groups in total. The first-order valence-electron chi connectivity index (χ1n) is 15.1. The Morgan fingerprint density at radius 3 is 1.57 bits per heavy atom. The van der Waals surface area contributed by atoms with Crippen molar-refractivity contribution in [1.29, 1.82) is 0 Å². The summed E-state index contributed by atoms with van der Waals surface area (Å²) in [6.07, 6.45) is 1.55. The van der Waals surface area contributed by atoms with Gasteiger partial charge in [0.05, 0.1) is 6.61 Å². The molecule has 47 heavy (non-hydrogen) atoms. The lowest BCUT2D eigenvalue weighted by Crippen LogP contribution is -2.58. The van der Waals surface area contributed by atoms with E-state index in [9.17, 15) is 34.2 Å². The van der Waals surface area contributed by atoms with Gasteiger partial charge in [0.25, 0.3) is 0 Å². The lowest BCUT2D eigenvalue weighted by molar-refractivity contribution is -0.142. The number of nitrogens with one attached hydrogen (secondary N) is 3. The van der Waals surface area contributed by atoms with Gasteiger partial charge in [0.1, 0.15) is 30.2 Å². The van der Waals surface area contributed by atoms with Gasteiger partial charge in [0.15, 0.2) is 17.9 Å². The van der Waals surface area contributed by atoms with Crippen molar-refractivity contribution in [3.63, 3.8) is 0 Å². The van der Waals surface area contributed by atoms with Crippen LogP contribution in [0.3, 0.4) is 0 Å². The van der Waals surface area contributed by atoms with Crippen molar-refractivity contribution in [2.24, 2.45) is 55.1 Å². The minimum Gasteiger partial charge on any atom is -0.480 e. The van der Waals surface area contributed by atoms with E-state index in [1.165, 1.54) is 4.90 Å². The number of amides is 4. The molecule has 0 aromatic heterocycles. The van der Waals surface area contributed by atoms with Crippen LogP contribution in [-0.2, 0) is 24.0 Å². The number of aliphatic imine (C=N–C) groups is 3. The number of aliphatic hydroxyl groups is 1. The van der Waals surface area contributed by atoms with E-state index in [1.807, 2.05) is 0 Å². The predicted octanol–water partition coefficient (Wildman–Crippen LogP) is -6.00. The highest BCUT2D eigenvalue weighted by atomic mass is 16.4. The maximum Gasteiger partial charge on any atom is 0.326 e. The topological polar surface area (TPSA) is 384 Å². The van der Waals surface area contributed by atoms with Crippen LogP contribution in [0.2, 0.25) is 0 Å². The number of nitrogens with zero attached hydrogens (tertiary/aromatic N) is 4. The third kappa shape index (κ3) is 15.3. The van der Waals surface area contributed by atoms with E-state index < -0.39 is 66.4 Å². The number of likely N-dealkylation sites (tertiary alicyclic amines) is 1. The number of hydrogen-bond donors (Lipinski definition) is 12. The summed E-state index contributed by atoms with van der Waals surface area (Å²) in [4.78, 5) is 77.6. The molecular formula is C26H50N14O7. The Morgan fingerprint density at radius 2 is 1.15 bits per heavy atom. The van der Waals surface area contributed by atoms with Gasteiger partial charge < -0.3 is 71.2 Å². The number of nitrogens with two attached hydrogens (primary N) is 7. The molecule has 1 heterocycles. The number of carboxylic acid groups (broad SMARTS) is 1. The zero-order valence-electron chi connectivity index (χ0n) is 26.3. The second-order valence-electron chi connectivity index (χ2n) is 10.8. The Hall–Kier alpha value is -4.92. The minimum atomic E-state index is -1.32. The molecule has 0 radical (unpaired) electrons. The minimum absolute atomic E-state index is 0.00725. The molecular weight excluding hydrogens is 620 g/mol. The Kier molecular flexibility index (Phi) is 17.9. The van der Waals surface area contributed by atoms with Crippen molar-refractivity contribution in [2.45, 2.75) is 81.6 Å². The Bertz CT molecular complexity index is 1150. The third-order valence-electron chi connectivity index (χ3n) is 7.07. The Labute approximate surface area is 272 Å². The van der Waals surface area contributed by atoms with E-state index in [1.54, 1.807) is 0 Å². The van der Waals surface area contributed by atoms with Crippen molar-refractivity contribution in [1.82, 2.24) is 20.9 Å². The van der Waals surface area contributed by atoms with Crippen LogP contribution in [0.5, 0.6) is 0 Å². The van der Waals surface area contributed by atoms with Crippen molar-refractivity contribution in [2.75, 3.05) is 32.8 Å². The van der Waals surface area contributed by atoms with Crippen LogP contribution in [0.1, 0.15) is 51.4 Å². The van der Waals surface area contributed by atoms with Crippen molar-refractivity contribution < 1.29 is 34.2 Å². The van der Waals surface area contributed by atoms with Gasteiger partial charge in [-0.15, -0.1) is 0 Å². The van der Waals surface area contributed by atoms with E-state index in [0.29, 0.717) is 12.8 Å². The number of rotatable bonds is 21. The SMILES string of the molecule is NC(N)=NCCC[C@H](NC(=O)[C@H](CCCN=C(N)N)NC(=O)[C@H](CCCN=C(N)N)NC(=O)[C@@H]1CCCN1C(=O)[C@@H](N)CO)C(=O)O. The molecule has 0 aliphatic carbocycles. The highest BCUT2D eigenvalue weighted by Crippen LogP contribution is 2.19. The summed E-state index contributed by atoms with van der Waals surface area (Å²) >= 11 is 0. The number of aliphatic hydroxyl groups excluding tert-OH is 1. The average molecular weight is 671 g/mol. The van der Waals surface area contributed by atoms with Crippen LogP contribution in [-0.4, -0.2) is 126 Å². The van der Waals surface area contributed by atoms with Gasteiger partial charge in [-0.3, -0.25) is 34.2 Å². The quantitative estimate of drug-likeness (QED) is 0.0307. The first kappa shape index (κ1) is 40.1. The normalized spacial score (nSPS) is 16.5. The summed E-state index contributed by atoms with van der Waals surface area (Å²) in [7, 11) is 0. The van der Waals surface area contributed by atoms with E-state index in [4.69, 9.17) is 40.1 Å². The van der Waals surface area contributed by atoms with Crippen LogP contribution in [0.25, 0.3) is 0 Å². The summed E-state index contributed by atoms with van der Waals surface area (Å²) in [5.74, 6) is -4.61. The molecule has 0 spiro atoms. The molecule has 266 valence electrons. The molecule has 1 rings (SSSR count). The van der Waals surface area contributed by atoms with Crippen molar-refractivity contribution >= 4 is 47.5 Å². The van der Waals surface area contributed by atoms with Crippen LogP contribution in [0, 0.1) is 0 Å². The van der Waals surface area contributed by atoms with Gasteiger partial charge in [-0.05, 0) is 51.4 Å². The fraction of sp³-hybridized carbons (Fsp3) is 0.692. The molecule has 1 aliphatic heterocycles. The van der Waals surface area contributed by atoms with Gasteiger partial charge in [0.2, 0.25) is 23.6 Å². The summed E-state index contributed by atoms with van der Waals surface area (Å²) in [5.41, 5.74) is 37.8. The molecule has 0 saturated carbocycles. The number of carboxylic acids is 1. The molecule has 1 fully saturated rings. The number of carbonyl (C=O) groups is 5. The fourth-order valence-corrected chi connectivity index (χ4v) is 4.71. The van der Waals surface area contributed by atoms with Crippen LogP contribution in [0.15, 0.2) is 15.0 Å². The van der Waals surface area contributed by atoms with Crippen molar-refractivity contribution in [3.05, 3.63) is 0 Å². The maximum absolute atomic E-state index is 13.6. The second-order valence-corrected chi connectivity index (χ2v) is 10.8. The Balaban J connectivity index is 3.18. The summed E-state index contributed by atoms with van der Waals surface area (Å²) < 4.78 is 0. The van der Waals surface area contributed by atoms with Crippen LogP contribution >= 0.6 is 0 Å². The van der Waals surface area contributed by atoms with Gasteiger partial charge >= 0.3 is 5.97 Å². The van der Waals surface area contributed by atoms with E-state index in [2.05, 4.69) is 30.9 Å². The van der Waals surface area contributed by atoms with Gasteiger partial charge in [0, 0.05) is 26.2 Å². The van der Waals surface area contributed by atoms with Crippen LogP contribution in [0.4, 0.5) is 0 Å². The molecule has 0 aromatic carbocycles. The first-order valence-corrected chi connectivity index (χ1v) is 15.1. The summed E-state index contributed by atoms with van der Waals surface area (Å²) in [5, 5.41) is 26.6. The first-order chi connectivity index (χ1) is 22.2. The molecule has 5 atom stereocenters. The van der Waals surface area contributed by atoms with Gasteiger partial charge in [-0.25, -0.2) is 4.79 Å². The van der Waals surface area contributed by atoms with Gasteiger partial charge in [-0.1, -0.05) is 0 Å². The monoisotopic (exact) mass is 670 g/mol.